The van der Waals surface area contributed by atoms with Crippen molar-refractivity contribution in [3.63, 3.8) is 0 Å². The molecule has 1 atom stereocenters. The first-order chi connectivity index (χ1) is 9.56. The standard InChI is InChI=1S/C17H27N3/c1-5-20(15(2)13-19(3)4)14-17-9-6-8-16(12-17)10-7-11-18/h6,8-9,12,15H,5,11,13-14,18H2,1-4H3. The van der Waals surface area contributed by atoms with E-state index in [1.807, 2.05) is 6.07 Å². The van der Waals surface area contributed by atoms with Gasteiger partial charge in [0, 0.05) is 24.7 Å². The zero-order chi connectivity index (χ0) is 15.0. The Morgan fingerprint density at radius 2 is 2.05 bits per heavy atom. The summed E-state index contributed by atoms with van der Waals surface area (Å²) in [6, 6.07) is 8.96. The van der Waals surface area contributed by atoms with Crippen LogP contribution in [0.15, 0.2) is 24.3 Å². The zero-order valence-corrected chi connectivity index (χ0v) is 13.2. The molecule has 2 N–H and O–H groups in total. The van der Waals surface area contributed by atoms with Crippen molar-refractivity contribution < 1.29 is 0 Å². The molecule has 0 radical (unpaired) electrons. The molecule has 0 saturated carbocycles. The lowest BCUT2D eigenvalue weighted by molar-refractivity contribution is 0.174. The van der Waals surface area contributed by atoms with Crippen LogP contribution in [-0.2, 0) is 6.54 Å². The molecule has 0 aliphatic rings. The fraction of sp³-hybridized carbons (Fsp3) is 0.529. The van der Waals surface area contributed by atoms with Crippen LogP contribution < -0.4 is 5.73 Å². The second-order valence-electron chi connectivity index (χ2n) is 5.38. The number of hydrogen-bond donors (Lipinski definition) is 1. The summed E-state index contributed by atoms with van der Waals surface area (Å²) in [5.74, 6) is 6.00. The molecule has 0 spiro atoms. The summed E-state index contributed by atoms with van der Waals surface area (Å²) in [6.07, 6.45) is 0. The molecule has 3 nitrogen and oxygen atoms in total. The number of likely N-dealkylation sites (N-methyl/N-ethyl adjacent to an activating group) is 2. The highest BCUT2D eigenvalue weighted by molar-refractivity contribution is 5.37. The van der Waals surface area contributed by atoms with Gasteiger partial charge in [0.2, 0.25) is 0 Å². The van der Waals surface area contributed by atoms with Crippen LogP contribution in [0.5, 0.6) is 0 Å². The highest BCUT2D eigenvalue weighted by Gasteiger charge is 2.13. The maximum Gasteiger partial charge on any atom is 0.0555 e. The fourth-order valence-electron chi connectivity index (χ4n) is 2.36. The highest BCUT2D eigenvalue weighted by atomic mass is 15.2. The molecule has 1 rings (SSSR count). The lowest BCUT2D eigenvalue weighted by atomic mass is 10.1. The van der Waals surface area contributed by atoms with E-state index < -0.39 is 0 Å². The molecule has 0 bridgehead atoms. The molecule has 0 fully saturated rings. The van der Waals surface area contributed by atoms with Crippen LogP contribution in [-0.4, -0.2) is 49.6 Å². The van der Waals surface area contributed by atoms with E-state index in [9.17, 15) is 0 Å². The number of benzene rings is 1. The Hall–Kier alpha value is -1.34. The van der Waals surface area contributed by atoms with Crippen molar-refractivity contribution in [2.24, 2.45) is 5.73 Å². The van der Waals surface area contributed by atoms with E-state index in [4.69, 9.17) is 5.73 Å². The number of hydrogen-bond acceptors (Lipinski definition) is 3. The molecule has 1 unspecified atom stereocenters. The molecular formula is C17H27N3. The van der Waals surface area contributed by atoms with Crippen LogP contribution in [0.2, 0.25) is 0 Å². The first-order valence-electron chi connectivity index (χ1n) is 7.23. The van der Waals surface area contributed by atoms with Gasteiger partial charge in [0.15, 0.2) is 0 Å². The van der Waals surface area contributed by atoms with Crippen molar-refractivity contribution in [2.45, 2.75) is 26.4 Å². The maximum atomic E-state index is 5.42. The van der Waals surface area contributed by atoms with Gasteiger partial charge in [-0.15, -0.1) is 0 Å². The normalized spacial score (nSPS) is 12.3. The van der Waals surface area contributed by atoms with E-state index in [2.05, 4.69) is 67.8 Å². The van der Waals surface area contributed by atoms with Gasteiger partial charge in [0.25, 0.3) is 0 Å². The molecule has 0 saturated heterocycles. The Labute approximate surface area is 123 Å². The minimum Gasteiger partial charge on any atom is -0.320 e. The lowest BCUT2D eigenvalue weighted by Gasteiger charge is -2.30. The molecule has 0 amide bonds. The third-order valence-corrected chi connectivity index (χ3v) is 3.31. The fourth-order valence-corrected chi connectivity index (χ4v) is 2.36. The molecule has 110 valence electrons. The maximum absolute atomic E-state index is 5.42. The van der Waals surface area contributed by atoms with Crippen LogP contribution in [0.4, 0.5) is 0 Å². The molecule has 1 aromatic rings. The first kappa shape index (κ1) is 16.7. The van der Waals surface area contributed by atoms with E-state index in [1.54, 1.807) is 0 Å². The average molecular weight is 273 g/mol. The van der Waals surface area contributed by atoms with Crippen molar-refractivity contribution in [1.29, 1.82) is 0 Å². The highest BCUT2D eigenvalue weighted by Crippen LogP contribution is 2.10. The van der Waals surface area contributed by atoms with Crippen molar-refractivity contribution in [3.05, 3.63) is 35.4 Å². The Balaban J connectivity index is 2.74. The number of nitrogens with zero attached hydrogens (tertiary/aromatic N) is 2. The Morgan fingerprint density at radius 1 is 1.30 bits per heavy atom. The van der Waals surface area contributed by atoms with Crippen LogP contribution in [0.25, 0.3) is 0 Å². The van der Waals surface area contributed by atoms with Gasteiger partial charge in [-0.1, -0.05) is 30.9 Å². The van der Waals surface area contributed by atoms with E-state index in [0.29, 0.717) is 12.6 Å². The Kier molecular flexibility index (Phi) is 7.32. The molecule has 0 aromatic heterocycles. The van der Waals surface area contributed by atoms with Gasteiger partial charge < -0.3 is 10.6 Å². The van der Waals surface area contributed by atoms with Crippen LogP contribution in [0.3, 0.4) is 0 Å². The summed E-state index contributed by atoms with van der Waals surface area (Å²) in [4.78, 5) is 4.71. The third-order valence-electron chi connectivity index (χ3n) is 3.31. The van der Waals surface area contributed by atoms with E-state index in [-0.39, 0.29) is 0 Å². The monoisotopic (exact) mass is 273 g/mol. The summed E-state index contributed by atoms with van der Waals surface area (Å²) in [5.41, 5.74) is 7.77. The van der Waals surface area contributed by atoms with E-state index in [0.717, 1.165) is 25.2 Å². The van der Waals surface area contributed by atoms with Gasteiger partial charge in [-0.2, -0.15) is 0 Å². The van der Waals surface area contributed by atoms with Crippen LogP contribution in [0, 0.1) is 11.8 Å². The molecule has 1 aromatic carbocycles. The van der Waals surface area contributed by atoms with Crippen molar-refractivity contribution in [3.8, 4) is 11.8 Å². The van der Waals surface area contributed by atoms with Gasteiger partial charge in [-0.05, 0) is 45.3 Å². The van der Waals surface area contributed by atoms with Gasteiger partial charge in [-0.3, -0.25) is 4.90 Å². The second kappa shape index (κ2) is 8.76. The quantitative estimate of drug-likeness (QED) is 0.802. The summed E-state index contributed by atoms with van der Waals surface area (Å²) in [6.45, 7) is 7.98. The molecule has 20 heavy (non-hydrogen) atoms. The topological polar surface area (TPSA) is 32.5 Å². The predicted octanol–water partition coefficient (Wildman–Crippen LogP) is 1.77. The number of nitrogens with two attached hydrogens (primary N) is 1. The molecule has 0 aliphatic carbocycles. The van der Waals surface area contributed by atoms with E-state index in [1.165, 1.54) is 5.56 Å². The van der Waals surface area contributed by atoms with Crippen LogP contribution in [0.1, 0.15) is 25.0 Å². The van der Waals surface area contributed by atoms with Gasteiger partial charge in [0.05, 0.1) is 6.54 Å². The second-order valence-corrected chi connectivity index (χ2v) is 5.38. The number of rotatable bonds is 6. The summed E-state index contributed by atoms with van der Waals surface area (Å²) >= 11 is 0. The minimum absolute atomic E-state index is 0.408. The lowest BCUT2D eigenvalue weighted by Crippen LogP contribution is -2.39. The SMILES string of the molecule is CCN(Cc1cccc(C#CCN)c1)C(C)CN(C)C. The summed E-state index contributed by atoms with van der Waals surface area (Å²) in [5, 5.41) is 0. The van der Waals surface area contributed by atoms with Crippen molar-refractivity contribution in [1.82, 2.24) is 9.80 Å². The third kappa shape index (κ3) is 5.75. The largest absolute Gasteiger partial charge is 0.320 e. The molecule has 3 heteroatoms. The summed E-state index contributed by atoms with van der Waals surface area (Å²) in [7, 11) is 4.24. The Morgan fingerprint density at radius 3 is 2.65 bits per heavy atom. The summed E-state index contributed by atoms with van der Waals surface area (Å²) < 4.78 is 0. The zero-order valence-electron chi connectivity index (χ0n) is 13.2. The molecule has 0 heterocycles. The van der Waals surface area contributed by atoms with Gasteiger partial charge in [-0.25, -0.2) is 0 Å². The predicted molar refractivity (Wildman–Crippen MR) is 86.5 cm³/mol. The van der Waals surface area contributed by atoms with Crippen LogP contribution >= 0.6 is 0 Å². The molecule has 0 aliphatic heterocycles. The van der Waals surface area contributed by atoms with E-state index >= 15 is 0 Å². The average Bonchev–Trinajstić information content (AvgIpc) is 2.42. The smallest absolute Gasteiger partial charge is 0.0555 e. The van der Waals surface area contributed by atoms with Gasteiger partial charge >= 0.3 is 0 Å². The Bertz CT molecular complexity index is 457. The van der Waals surface area contributed by atoms with Crippen molar-refractivity contribution in [2.75, 3.05) is 33.7 Å². The molecular weight excluding hydrogens is 246 g/mol. The van der Waals surface area contributed by atoms with Crippen molar-refractivity contribution >= 4 is 0 Å². The minimum atomic E-state index is 0.408. The first-order valence-corrected chi connectivity index (χ1v) is 7.23. The van der Waals surface area contributed by atoms with Gasteiger partial charge in [0.1, 0.15) is 0 Å².